The lowest BCUT2D eigenvalue weighted by Gasteiger charge is -2.22. The van der Waals surface area contributed by atoms with Crippen molar-refractivity contribution in [2.45, 2.75) is 25.4 Å². The molecule has 1 heterocycles. The predicted octanol–water partition coefficient (Wildman–Crippen LogP) is 8.08. The van der Waals surface area contributed by atoms with Crippen LogP contribution in [-0.4, -0.2) is 62.1 Å². The Morgan fingerprint density at radius 1 is 0.571 bits per heavy atom. The molecule has 1 unspecified atom stereocenters. The second-order valence-electron chi connectivity index (χ2n) is 11.1. The summed E-state index contributed by atoms with van der Waals surface area (Å²) < 4.78 is 45.6. The molecule has 1 aliphatic rings. The average molecular weight is 669 g/mol. The van der Waals surface area contributed by atoms with Crippen LogP contribution in [0.3, 0.4) is 0 Å². The van der Waals surface area contributed by atoms with E-state index in [1.54, 1.807) is 42.7 Å². The van der Waals surface area contributed by atoms with Gasteiger partial charge in [-0.1, -0.05) is 36.4 Å². The number of nitrogens with zero attached hydrogens (tertiary/aromatic N) is 1. The van der Waals surface area contributed by atoms with Crippen LogP contribution >= 0.6 is 0 Å². The topological polar surface area (TPSA) is 98.2 Å². The SMILES string of the molecule is COc1cc(C2N=Cc3ccccc3N2)ccc1OCCCCCOc1c(OC)cc(C=Cc2cc(OC)c(OC)c(OC)c2)cc1OC. The molecule has 0 saturated carbocycles. The standard InChI is InChI=1S/C39H44N2O8/c1-42-32-24-28(39-40-25-29-12-8-9-13-30(29)41-39)16-17-31(32)48-18-10-7-11-19-49-38-35(45-4)22-27(23-36(38)46-5)15-14-26-20-33(43-2)37(47-6)34(21-26)44-3/h8-9,12-17,20-25,39,41H,7,10-11,18-19H2,1-6H3. The third kappa shape index (κ3) is 8.51. The molecule has 10 heteroatoms. The molecule has 0 radical (unpaired) electrons. The van der Waals surface area contributed by atoms with Crippen LogP contribution in [0.4, 0.5) is 5.69 Å². The van der Waals surface area contributed by atoms with Crippen LogP contribution in [-0.2, 0) is 0 Å². The van der Waals surface area contributed by atoms with Crippen LogP contribution < -0.4 is 43.2 Å². The zero-order valence-electron chi connectivity index (χ0n) is 28.9. The molecular weight excluding hydrogens is 624 g/mol. The lowest BCUT2D eigenvalue weighted by Crippen LogP contribution is -2.14. The minimum Gasteiger partial charge on any atom is -0.493 e. The monoisotopic (exact) mass is 668 g/mol. The number of fused-ring (bicyclic) bond motifs is 1. The van der Waals surface area contributed by atoms with Gasteiger partial charge in [-0.2, -0.15) is 0 Å². The van der Waals surface area contributed by atoms with Crippen molar-refractivity contribution >= 4 is 24.1 Å². The third-order valence-corrected chi connectivity index (χ3v) is 8.05. The van der Waals surface area contributed by atoms with Gasteiger partial charge >= 0.3 is 0 Å². The fraction of sp³-hybridized carbons (Fsp3) is 0.308. The maximum Gasteiger partial charge on any atom is 0.203 e. The summed E-state index contributed by atoms with van der Waals surface area (Å²) in [4.78, 5) is 4.66. The van der Waals surface area contributed by atoms with Crippen molar-refractivity contribution < 1.29 is 37.9 Å². The van der Waals surface area contributed by atoms with Crippen LogP contribution in [0.15, 0.2) is 71.7 Å². The van der Waals surface area contributed by atoms with Crippen molar-refractivity contribution in [3.8, 4) is 46.0 Å². The lowest BCUT2D eigenvalue weighted by molar-refractivity contribution is 0.255. The van der Waals surface area contributed by atoms with Gasteiger partial charge in [-0.25, -0.2) is 0 Å². The lowest BCUT2D eigenvalue weighted by atomic mass is 10.1. The zero-order valence-corrected chi connectivity index (χ0v) is 28.9. The van der Waals surface area contributed by atoms with Gasteiger partial charge in [-0.15, -0.1) is 0 Å². The molecule has 0 amide bonds. The van der Waals surface area contributed by atoms with Crippen molar-refractivity contribution in [3.05, 3.63) is 89.0 Å². The number of hydrogen-bond donors (Lipinski definition) is 1. The molecule has 0 aliphatic carbocycles. The van der Waals surface area contributed by atoms with Crippen molar-refractivity contribution in [3.63, 3.8) is 0 Å². The molecule has 10 nitrogen and oxygen atoms in total. The summed E-state index contributed by atoms with van der Waals surface area (Å²) in [6, 6.07) is 21.6. The molecule has 4 aromatic rings. The number of rotatable bonds is 17. The van der Waals surface area contributed by atoms with Gasteiger partial charge in [0.2, 0.25) is 11.5 Å². The summed E-state index contributed by atoms with van der Waals surface area (Å²) in [5, 5.41) is 3.47. The van der Waals surface area contributed by atoms with Crippen molar-refractivity contribution in [2.24, 2.45) is 4.99 Å². The second kappa shape index (κ2) is 17.1. The molecule has 258 valence electrons. The Morgan fingerprint density at radius 3 is 1.73 bits per heavy atom. The molecule has 0 spiro atoms. The minimum atomic E-state index is -0.184. The number of para-hydroxylation sites is 1. The quantitative estimate of drug-likeness (QED) is 0.0885. The summed E-state index contributed by atoms with van der Waals surface area (Å²) in [6.07, 6.45) is 8.24. The number of benzene rings is 4. The second-order valence-corrected chi connectivity index (χ2v) is 11.1. The molecule has 0 bridgehead atoms. The van der Waals surface area contributed by atoms with E-state index in [4.69, 9.17) is 37.9 Å². The number of anilines is 1. The number of ether oxygens (including phenoxy) is 8. The van der Waals surface area contributed by atoms with Gasteiger partial charge in [0.15, 0.2) is 34.5 Å². The van der Waals surface area contributed by atoms with E-state index in [2.05, 4.69) is 16.4 Å². The molecular formula is C39H44N2O8. The van der Waals surface area contributed by atoms with E-state index < -0.39 is 0 Å². The van der Waals surface area contributed by atoms with Gasteiger partial charge < -0.3 is 43.2 Å². The van der Waals surface area contributed by atoms with Gasteiger partial charge in [0.05, 0.1) is 55.9 Å². The van der Waals surface area contributed by atoms with Crippen LogP contribution in [0.5, 0.6) is 46.0 Å². The number of nitrogens with one attached hydrogen (secondary N) is 1. The largest absolute Gasteiger partial charge is 0.493 e. The number of hydrogen-bond acceptors (Lipinski definition) is 10. The van der Waals surface area contributed by atoms with E-state index in [1.807, 2.05) is 79.0 Å². The van der Waals surface area contributed by atoms with Gasteiger partial charge in [-0.3, -0.25) is 4.99 Å². The van der Waals surface area contributed by atoms with Gasteiger partial charge in [0, 0.05) is 23.0 Å². The highest BCUT2D eigenvalue weighted by molar-refractivity contribution is 5.89. The smallest absolute Gasteiger partial charge is 0.203 e. The van der Waals surface area contributed by atoms with Gasteiger partial charge in [0.25, 0.3) is 0 Å². The first-order chi connectivity index (χ1) is 24.0. The van der Waals surface area contributed by atoms with Crippen molar-refractivity contribution in [1.29, 1.82) is 0 Å². The highest BCUT2D eigenvalue weighted by atomic mass is 16.5. The number of methoxy groups -OCH3 is 6. The molecule has 49 heavy (non-hydrogen) atoms. The highest BCUT2D eigenvalue weighted by Gasteiger charge is 2.18. The van der Waals surface area contributed by atoms with E-state index in [0.717, 1.165) is 47.2 Å². The van der Waals surface area contributed by atoms with Crippen LogP contribution in [0, 0.1) is 0 Å². The first-order valence-corrected chi connectivity index (χ1v) is 16.1. The fourth-order valence-electron chi connectivity index (χ4n) is 5.49. The van der Waals surface area contributed by atoms with E-state index in [1.165, 1.54) is 0 Å². The normalized spacial score (nSPS) is 13.3. The average Bonchev–Trinajstić information content (AvgIpc) is 3.15. The van der Waals surface area contributed by atoms with Gasteiger partial charge in [-0.05, 0) is 72.9 Å². The molecule has 1 atom stereocenters. The first-order valence-electron chi connectivity index (χ1n) is 16.1. The molecule has 4 aromatic carbocycles. The van der Waals surface area contributed by atoms with E-state index >= 15 is 0 Å². The molecule has 1 aliphatic heterocycles. The zero-order chi connectivity index (χ0) is 34.6. The summed E-state index contributed by atoms with van der Waals surface area (Å²) in [7, 11) is 9.65. The van der Waals surface area contributed by atoms with Crippen molar-refractivity contribution in [2.75, 3.05) is 61.2 Å². The van der Waals surface area contributed by atoms with Gasteiger partial charge in [0.1, 0.15) is 6.17 Å². The predicted molar refractivity (Wildman–Crippen MR) is 193 cm³/mol. The minimum absolute atomic E-state index is 0.184. The number of unbranched alkanes of at least 4 members (excludes halogenated alkanes) is 2. The van der Waals surface area contributed by atoms with Crippen molar-refractivity contribution in [1.82, 2.24) is 0 Å². The molecule has 1 N–H and O–H groups in total. The van der Waals surface area contributed by atoms with Crippen LogP contribution in [0.2, 0.25) is 0 Å². The fourth-order valence-corrected chi connectivity index (χ4v) is 5.49. The van der Waals surface area contributed by atoms with E-state index in [9.17, 15) is 0 Å². The summed E-state index contributed by atoms with van der Waals surface area (Å²) in [5.74, 6) is 4.82. The molecule has 5 rings (SSSR count). The third-order valence-electron chi connectivity index (χ3n) is 8.05. The van der Waals surface area contributed by atoms with Crippen LogP contribution in [0.1, 0.15) is 47.7 Å². The highest BCUT2D eigenvalue weighted by Crippen LogP contribution is 2.41. The maximum atomic E-state index is 6.15. The maximum absolute atomic E-state index is 6.15. The molecule has 0 fully saturated rings. The molecule has 0 aromatic heterocycles. The van der Waals surface area contributed by atoms with Crippen LogP contribution in [0.25, 0.3) is 12.2 Å². The van der Waals surface area contributed by atoms with E-state index in [-0.39, 0.29) is 6.17 Å². The Labute approximate surface area is 288 Å². The Kier molecular flexibility index (Phi) is 12.1. The Morgan fingerprint density at radius 2 is 1.14 bits per heavy atom. The number of aliphatic imine (C=N–C) groups is 1. The Balaban J connectivity index is 1.12. The summed E-state index contributed by atoms with van der Waals surface area (Å²) in [5.41, 5.74) is 4.89. The Bertz CT molecular complexity index is 1720. The first kappa shape index (κ1) is 34.8. The molecule has 0 saturated heterocycles. The van der Waals surface area contributed by atoms with E-state index in [0.29, 0.717) is 59.2 Å². The summed E-state index contributed by atoms with van der Waals surface area (Å²) in [6.45, 7) is 1.06. The Hall–Kier alpha value is -5.51. The summed E-state index contributed by atoms with van der Waals surface area (Å²) >= 11 is 0.